The lowest BCUT2D eigenvalue weighted by atomic mass is 10.1. The van der Waals surface area contributed by atoms with Crippen molar-refractivity contribution in [3.8, 4) is 11.5 Å². The van der Waals surface area contributed by atoms with Crippen LogP contribution in [-0.4, -0.2) is 47.7 Å². The van der Waals surface area contributed by atoms with E-state index >= 15 is 0 Å². The second-order valence-electron chi connectivity index (χ2n) is 7.76. The fourth-order valence-electron chi connectivity index (χ4n) is 4.00. The highest BCUT2D eigenvalue weighted by Gasteiger charge is 2.28. The van der Waals surface area contributed by atoms with E-state index in [0.717, 1.165) is 34.1 Å². The first-order valence-electron chi connectivity index (χ1n) is 10.4. The van der Waals surface area contributed by atoms with Crippen LogP contribution in [0.4, 0.5) is 10.1 Å². The second-order valence-corrected chi connectivity index (χ2v) is 7.76. The van der Waals surface area contributed by atoms with Crippen LogP contribution in [0.25, 0.3) is 0 Å². The standard InChI is InChI=1S/C25H22FN3O2/c1-17-10-11-22-19(16-17)24(27-21-8-4-5-9-23(21)31-22)28-12-14-29(15-13-28)25(30)18-6-2-3-7-20(18)26/h2-11,16H,12-15H2,1H3. The molecule has 0 bridgehead atoms. The van der Waals surface area contributed by atoms with Crippen LogP contribution in [0.2, 0.25) is 0 Å². The summed E-state index contributed by atoms with van der Waals surface area (Å²) >= 11 is 0. The third-order valence-electron chi connectivity index (χ3n) is 5.66. The van der Waals surface area contributed by atoms with Gasteiger partial charge < -0.3 is 14.5 Å². The van der Waals surface area contributed by atoms with Gasteiger partial charge in [0.05, 0.1) is 11.1 Å². The summed E-state index contributed by atoms with van der Waals surface area (Å²) in [7, 11) is 0. The van der Waals surface area contributed by atoms with Gasteiger partial charge >= 0.3 is 0 Å². The number of fused-ring (bicyclic) bond motifs is 2. The number of amides is 1. The molecule has 6 heteroatoms. The van der Waals surface area contributed by atoms with Crippen molar-refractivity contribution in [3.05, 3.63) is 89.2 Å². The van der Waals surface area contributed by atoms with Gasteiger partial charge in [0.2, 0.25) is 0 Å². The summed E-state index contributed by atoms with van der Waals surface area (Å²) in [4.78, 5) is 21.6. The van der Waals surface area contributed by atoms with Crippen molar-refractivity contribution in [2.75, 3.05) is 26.2 Å². The Balaban J connectivity index is 1.43. The van der Waals surface area contributed by atoms with E-state index in [1.807, 2.05) is 43.3 Å². The lowest BCUT2D eigenvalue weighted by Crippen LogP contribution is -2.51. The molecule has 31 heavy (non-hydrogen) atoms. The summed E-state index contributed by atoms with van der Waals surface area (Å²) in [6, 6.07) is 19.9. The predicted molar refractivity (Wildman–Crippen MR) is 118 cm³/mol. The van der Waals surface area contributed by atoms with Crippen LogP contribution in [-0.2, 0) is 0 Å². The maximum absolute atomic E-state index is 14.1. The van der Waals surface area contributed by atoms with Crippen molar-refractivity contribution >= 4 is 17.4 Å². The molecule has 3 aromatic carbocycles. The molecule has 2 aliphatic rings. The minimum atomic E-state index is -0.485. The number of hydrogen-bond acceptors (Lipinski definition) is 4. The zero-order chi connectivity index (χ0) is 21.4. The molecule has 1 amide bonds. The van der Waals surface area contributed by atoms with Gasteiger partial charge in [0.15, 0.2) is 5.75 Å². The van der Waals surface area contributed by atoms with Crippen molar-refractivity contribution in [2.24, 2.45) is 4.99 Å². The topological polar surface area (TPSA) is 45.1 Å². The van der Waals surface area contributed by atoms with Gasteiger partial charge in [-0.05, 0) is 43.3 Å². The summed E-state index contributed by atoms with van der Waals surface area (Å²) in [5.41, 5.74) is 2.95. The van der Waals surface area contributed by atoms with Crippen molar-refractivity contribution in [2.45, 2.75) is 6.92 Å². The first kappa shape index (κ1) is 19.3. The van der Waals surface area contributed by atoms with Crippen molar-refractivity contribution in [1.82, 2.24) is 9.80 Å². The molecule has 2 aliphatic heterocycles. The Morgan fingerprint density at radius 1 is 0.935 bits per heavy atom. The Labute approximate surface area is 180 Å². The number of carbonyl (C=O) groups excluding carboxylic acids is 1. The van der Waals surface area contributed by atoms with Crippen LogP contribution in [0.5, 0.6) is 11.5 Å². The Morgan fingerprint density at radius 3 is 2.48 bits per heavy atom. The summed E-state index contributed by atoms with van der Waals surface area (Å²) < 4.78 is 20.2. The van der Waals surface area contributed by atoms with Gasteiger partial charge in [-0.2, -0.15) is 0 Å². The van der Waals surface area contributed by atoms with Crippen LogP contribution in [0.3, 0.4) is 0 Å². The van der Waals surface area contributed by atoms with Crippen LogP contribution in [0, 0.1) is 12.7 Å². The average molecular weight is 415 g/mol. The average Bonchev–Trinajstić information content (AvgIpc) is 2.96. The number of hydrogen-bond donors (Lipinski definition) is 0. The second kappa shape index (κ2) is 7.87. The van der Waals surface area contributed by atoms with E-state index < -0.39 is 5.82 Å². The Kier molecular flexibility index (Phi) is 4.90. The molecule has 1 saturated heterocycles. The van der Waals surface area contributed by atoms with Crippen LogP contribution >= 0.6 is 0 Å². The number of aryl methyl sites for hydroxylation is 1. The molecular formula is C25H22FN3O2. The largest absolute Gasteiger partial charge is 0.454 e. The molecule has 3 aromatic rings. The predicted octanol–water partition coefficient (Wildman–Crippen LogP) is 4.78. The van der Waals surface area contributed by atoms with Crippen molar-refractivity contribution in [1.29, 1.82) is 0 Å². The number of amidine groups is 1. The number of para-hydroxylation sites is 2. The summed E-state index contributed by atoms with van der Waals surface area (Å²) in [5, 5.41) is 0. The van der Waals surface area contributed by atoms with Crippen molar-refractivity contribution in [3.63, 3.8) is 0 Å². The first-order valence-corrected chi connectivity index (χ1v) is 10.4. The molecule has 0 aromatic heterocycles. The molecule has 156 valence electrons. The molecular weight excluding hydrogens is 393 g/mol. The van der Waals surface area contributed by atoms with E-state index in [1.165, 1.54) is 12.1 Å². The monoisotopic (exact) mass is 415 g/mol. The number of nitrogens with zero attached hydrogens (tertiary/aromatic N) is 3. The molecule has 0 saturated carbocycles. The van der Waals surface area contributed by atoms with Crippen molar-refractivity contribution < 1.29 is 13.9 Å². The lowest BCUT2D eigenvalue weighted by molar-refractivity contribution is 0.0687. The fourth-order valence-corrected chi connectivity index (χ4v) is 4.00. The van der Waals surface area contributed by atoms with E-state index in [-0.39, 0.29) is 11.5 Å². The molecule has 0 atom stereocenters. The van der Waals surface area contributed by atoms with Crippen LogP contribution < -0.4 is 4.74 Å². The van der Waals surface area contributed by atoms with Crippen LogP contribution in [0.15, 0.2) is 71.7 Å². The maximum atomic E-state index is 14.1. The number of carbonyl (C=O) groups is 1. The lowest BCUT2D eigenvalue weighted by Gasteiger charge is -2.36. The molecule has 5 rings (SSSR count). The molecule has 1 fully saturated rings. The SMILES string of the molecule is Cc1ccc2c(c1)C(N1CCN(C(=O)c3ccccc3F)CC1)=Nc1ccccc1O2. The molecule has 5 nitrogen and oxygen atoms in total. The van der Waals surface area contributed by atoms with E-state index in [0.29, 0.717) is 26.2 Å². The number of ether oxygens (including phenoxy) is 1. The first-order chi connectivity index (χ1) is 15.1. The molecule has 0 aliphatic carbocycles. The fraction of sp³-hybridized carbons (Fsp3) is 0.200. The van der Waals surface area contributed by atoms with E-state index in [1.54, 1.807) is 17.0 Å². The number of rotatable bonds is 1. The summed E-state index contributed by atoms with van der Waals surface area (Å²) in [5.74, 6) is 1.56. The van der Waals surface area contributed by atoms with E-state index in [2.05, 4.69) is 11.0 Å². The van der Waals surface area contributed by atoms with Gasteiger partial charge in [0, 0.05) is 26.2 Å². The van der Waals surface area contributed by atoms with Gasteiger partial charge in [-0.25, -0.2) is 9.38 Å². The van der Waals surface area contributed by atoms with E-state index in [4.69, 9.17) is 9.73 Å². The van der Waals surface area contributed by atoms with Gasteiger partial charge in [-0.1, -0.05) is 35.9 Å². The molecule has 0 spiro atoms. The molecule has 0 radical (unpaired) electrons. The maximum Gasteiger partial charge on any atom is 0.256 e. The molecule has 0 N–H and O–H groups in total. The van der Waals surface area contributed by atoms with Gasteiger partial charge in [-0.3, -0.25) is 4.79 Å². The highest BCUT2D eigenvalue weighted by Crippen LogP contribution is 2.38. The number of benzene rings is 3. The summed E-state index contributed by atoms with van der Waals surface area (Å²) in [6.07, 6.45) is 0. The molecule has 0 unspecified atom stereocenters. The zero-order valence-electron chi connectivity index (χ0n) is 17.2. The van der Waals surface area contributed by atoms with Gasteiger partial charge in [0.1, 0.15) is 23.1 Å². The van der Waals surface area contributed by atoms with Gasteiger partial charge in [-0.15, -0.1) is 0 Å². The minimum Gasteiger partial charge on any atom is -0.454 e. The third-order valence-corrected chi connectivity index (χ3v) is 5.66. The van der Waals surface area contributed by atoms with Gasteiger partial charge in [0.25, 0.3) is 5.91 Å². The Morgan fingerprint density at radius 2 is 1.68 bits per heavy atom. The number of piperazine rings is 1. The molecule has 2 heterocycles. The number of halogens is 1. The number of aliphatic imine (C=N–C) groups is 1. The van der Waals surface area contributed by atoms with Crippen LogP contribution in [0.1, 0.15) is 21.5 Å². The normalized spacial score (nSPS) is 15.4. The quantitative estimate of drug-likeness (QED) is 0.575. The highest BCUT2D eigenvalue weighted by molar-refractivity contribution is 6.04. The smallest absolute Gasteiger partial charge is 0.256 e. The zero-order valence-corrected chi connectivity index (χ0v) is 17.2. The third kappa shape index (κ3) is 3.65. The Hall–Kier alpha value is -3.67. The van der Waals surface area contributed by atoms with E-state index in [9.17, 15) is 9.18 Å². The minimum absolute atomic E-state index is 0.117. The summed E-state index contributed by atoms with van der Waals surface area (Å²) in [6.45, 7) is 4.25. The highest BCUT2D eigenvalue weighted by atomic mass is 19.1. The Bertz CT molecular complexity index is 1180.